The summed E-state index contributed by atoms with van der Waals surface area (Å²) in [5.41, 5.74) is 0.948. The smallest absolute Gasteiger partial charge is 0.411 e. The van der Waals surface area contributed by atoms with Gasteiger partial charge in [-0.3, -0.25) is 10.1 Å². The average Bonchev–Trinajstić information content (AvgIpc) is 2.58. The molecular weight excluding hydrogens is 327 g/mol. The van der Waals surface area contributed by atoms with Crippen LogP contribution in [0.2, 0.25) is 0 Å². The molecule has 0 atom stereocenters. The molecule has 7 heteroatoms. The molecule has 0 fully saturated rings. The number of anilines is 1. The minimum absolute atomic E-state index is 0.114. The van der Waals surface area contributed by atoms with E-state index in [9.17, 15) is 19.1 Å². The molecule has 0 aliphatic heterocycles. The zero-order valence-electron chi connectivity index (χ0n) is 13.3. The number of aromatic amines is 1. The van der Waals surface area contributed by atoms with Crippen LogP contribution in [0.5, 0.6) is 5.75 Å². The Hall–Kier alpha value is -3.35. The Balaban J connectivity index is 2.17. The van der Waals surface area contributed by atoms with Gasteiger partial charge < -0.3 is 14.8 Å². The summed E-state index contributed by atoms with van der Waals surface area (Å²) in [5, 5.41) is 12.5. The normalized spacial score (nSPS) is 10.6. The van der Waals surface area contributed by atoms with Gasteiger partial charge in [0.25, 0.3) is 0 Å². The van der Waals surface area contributed by atoms with E-state index in [0.29, 0.717) is 16.6 Å². The number of fused-ring (bicyclic) bond motifs is 1. The van der Waals surface area contributed by atoms with Crippen molar-refractivity contribution in [2.75, 3.05) is 11.9 Å². The van der Waals surface area contributed by atoms with Gasteiger partial charge in [-0.2, -0.15) is 0 Å². The van der Waals surface area contributed by atoms with Gasteiger partial charge in [0.1, 0.15) is 0 Å². The number of amides is 1. The maximum atomic E-state index is 13.9. The number of hydrogen-bond donors (Lipinski definition) is 3. The molecule has 3 rings (SSSR count). The molecule has 0 saturated heterocycles. The first-order chi connectivity index (χ1) is 12.0. The first-order valence-corrected chi connectivity index (χ1v) is 7.58. The quantitative estimate of drug-likeness (QED) is 0.678. The van der Waals surface area contributed by atoms with Crippen molar-refractivity contribution in [3.05, 3.63) is 58.5 Å². The average molecular weight is 342 g/mol. The van der Waals surface area contributed by atoms with Crippen LogP contribution in [0, 0.1) is 5.82 Å². The van der Waals surface area contributed by atoms with Crippen LogP contribution in [0.1, 0.15) is 6.92 Å². The molecule has 1 heterocycles. The SMILES string of the molecule is CCOC(=O)Nc1cc(O)c(F)cc1-c1cc(=O)c2ccccc2[nH]1. The third-order valence-corrected chi connectivity index (χ3v) is 3.63. The maximum absolute atomic E-state index is 13.9. The number of halogens is 1. The van der Waals surface area contributed by atoms with Crippen LogP contribution in [0.4, 0.5) is 14.9 Å². The van der Waals surface area contributed by atoms with E-state index in [1.165, 1.54) is 6.07 Å². The second-order valence-corrected chi connectivity index (χ2v) is 5.29. The van der Waals surface area contributed by atoms with Crippen molar-refractivity contribution in [2.24, 2.45) is 0 Å². The van der Waals surface area contributed by atoms with E-state index in [4.69, 9.17) is 4.74 Å². The van der Waals surface area contributed by atoms with Crippen molar-refractivity contribution in [3.8, 4) is 17.0 Å². The monoisotopic (exact) mass is 342 g/mol. The number of aromatic nitrogens is 1. The van der Waals surface area contributed by atoms with Gasteiger partial charge in [0.05, 0.1) is 18.0 Å². The molecule has 0 unspecified atom stereocenters. The lowest BCUT2D eigenvalue weighted by Gasteiger charge is -2.13. The first-order valence-electron chi connectivity index (χ1n) is 7.58. The Morgan fingerprint density at radius 3 is 2.80 bits per heavy atom. The van der Waals surface area contributed by atoms with Gasteiger partial charge in [0.15, 0.2) is 17.0 Å². The van der Waals surface area contributed by atoms with Gasteiger partial charge in [0, 0.05) is 28.6 Å². The molecule has 3 N–H and O–H groups in total. The molecule has 128 valence electrons. The number of carbonyl (C=O) groups is 1. The number of ether oxygens (including phenoxy) is 1. The van der Waals surface area contributed by atoms with Crippen LogP contribution in [0.15, 0.2) is 47.3 Å². The highest BCUT2D eigenvalue weighted by atomic mass is 19.1. The summed E-state index contributed by atoms with van der Waals surface area (Å²) in [7, 11) is 0. The summed E-state index contributed by atoms with van der Waals surface area (Å²) in [5.74, 6) is -1.50. The van der Waals surface area contributed by atoms with E-state index in [1.807, 2.05) is 0 Å². The van der Waals surface area contributed by atoms with E-state index in [0.717, 1.165) is 12.1 Å². The van der Waals surface area contributed by atoms with E-state index in [1.54, 1.807) is 31.2 Å². The molecular formula is C18H15FN2O4. The van der Waals surface area contributed by atoms with Crippen molar-refractivity contribution in [2.45, 2.75) is 6.92 Å². The molecule has 0 bridgehead atoms. The van der Waals surface area contributed by atoms with Gasteiger partial charge in [-0.15, -0.1) is 0 Å². The Morgan fingerprint density at radius 1 is 1.28 bits per heavy atom. The number of rotatable bonds is 3. The Morgan fingerprint density at radius 2 is 2.04 bits per heavy atom. The topological polar surface area (TPSA) is 91.4 Å². The summed E-state index contributed by atoms with van der Waals surface area (Å²) in [6, 6.07) is 10.3. The highest BCUT2D eigenvalue weighted by Crippen LogP contribution is 2.32. The zero-order valence-corrected chi connectivity index (χ0v) is 13.3. The van der Waals surface area contributed by atoms with Crippen LogP contribution < -0.4 is 10.7 Å². The van der Waals surface area contributed by atoms with E-state index in [-0.39, 0.29) is 23.3 Å². The molecule has 0 spiro atoms. The Labute approximate surface area is 141 Å². The molecule has 6 nitrogen and oxygen atoms in total. The lowest BCUT2D eigenvalue weighted by atomic mass is 10.1. The fourth-order valence-electron chi connectivity index (χ4n) is 2.51. The summed E-state index contributed by atoms with van der Waals surface area (Å²) in [6.45, 7) is 1.80. The minimum Gasteiger partial charge on any atom is -0.505 e. The van der Waals surface area contributed by atoms with Gasteiger partial charge in [-0.1, -0.05) is 12.1 Å². The fourth-order valence-corrected chi connectivity index (χ4v) is 2.51. The summed E-state index contributed by atoms with van der Waals surface area (Å²) >= 11 is 0. The molecule has 0 radical (unpaired) electrons. The number of nitrogens with one attached hydrogen (secondary N) is 2. The molecule has 3 aromatic rings. The standard InChI is InChI=1S/C18H15FN2O4/c1-2-25-18(24)21-15-9-17(23)12(19)7-11(15)14-8-16(22)10-5-3-4-6-13(10)20-14/h3-9,23H,2H2,1H3,(H,20,22)(H,21,24). The number of phenolic OH excluding ortho intramolecular Hbond substituents is 1. The molecule has 25 heavy (non-hydrogen) atoms. The lowest BCUT2D eigenvalue weighted by Crippen LogP contribution is -2.14. The molecule has 0 saturated carbocycles. The third kappa shape index (κ3) is 3.30. The number of para-hydroxylation sites is 1. The van der Waals surface area contributed by atoms with E-state index < -0.39 is 17.7 Å². The predicted octanol–water partition coefficient (Wildman–Crippen LogP) is 3.61. The minimum atomic E-state index is -0.876. The van der Waals surface area contributed by atoms with Crippen molar-refractivity contribution >= 4 is 22.7 Å². The summed E-state index contributed by atoms with van der Waals surface area (Å²) < 4.78 is 18.7. The maximum Gasteiger partial charge on any atom is 0.411 e. The summed E-state index contributed by atoms with van der Waals surface area (Å²) in [6.07, 6.45) is -0.752. The number of H-pyrrole nitrogens is 1. The zero-order chi connectivity index (χ0) is 18.0. The first kappa shape index (κ1) is 16.5. The van der Waals surface area contributed by atoms with Crippen molar-refractivity contribution in [1.29, 1.82) is 0 Å². The highest BCUT2D eigenvalue weighted by molar-refractivity contribution is 5.92. The van der Waals surface area contributed by atoms with Crippen molar-refractivity contribution < 1.29 is 19.0 Å². The number of carbonyl (C=O) groups excluding carboxylic acids is 1. The molecule has 2 aromatic carbocycles. The number of aromatic hydroxyl groups is 1. The number of benzene rings is 2. The van der Waals surface area contributed by atoms with Crippen LogP contribution >= 0.6 is 0 Å². The fraction of sp³-hybridized carbons (Fsp3) is 0.111. The molecule has 1 amide bonds. The second-order valence-electron chi connectivity index (χ2n) is 5.29. The highest BCUT2D eigenvalue weighted by Gasteiger charge is 2.15. The van der Waals surface area contributed by atoms with Crippen LogP contribution in [-0.2, 0) is 4.74 Å². The number of pyridine rings is 1. The predicted molar refractivity (Wildman–Crippen MR) is 92.3 cm³/mol. The van der Waals surface area contributed by atoms with Gasteiger partial charge >= 0.3 is 6.09 Å². The van der Waals surface area contributed by atoms with Gasteiger partial charge in [-0.05, 0) is 25.1 Å². The Kier molecular flexibility index (Phi) is 4.38. The third-order valence-electron chi connectivity index (χ3n) is 3.63. The summed E-state index contributed by atoms with van der Waals surface area (Å²) in [4.78, 5) is 27.0. The number of hydrogen-bond acceptors (Lipinski definition) is 4. The number of phenols is 1. The Bertz CT molecular complexity index is 1010. The van der Waals surface area contributed by atoms with Crippen molar-refractivity contribution in [3.63, 3.8) is 0 Å². The second kappa shape index (κ2) is 6.64. The molecule has 0 aliphatic carbocycles. The van der Waals surface area contributed by atoms with E-state index in [2.05, 4.69) is 10.3 Å². The van der Waals surface area contributed by atoms with Crippen molar-refractivity contribution in [1.82, 2.24) is 4.98 Å². The molecule has 1 aromatic heterocycles. The van der Waals surface area contributed by atoms with Crippen LogP contribution in [0.3, 0.4) is 0 Å². The van der Waals surface area contributed by atoms with Gasteiger partial charge in [0.2, 0.25) is 0 Å². The van der Waals surface area contributed by atoms with Crippen LogP contribution in [-0.4, -0.2) is 22.8 Å². The largest absolute Gasteiger partial charge is 0.505 e. The van der Waals surface area contributed by atoms with Gasteiger partial charge in [-0.25, -0.2) is 9.18 Å². The van der Waals surface area contributed by atoms with E-state index >= 15 is 0 Å². The molecule has 0 aliphatic rings. The van der Waals surface area contributed by atoms with Crippen LogP contribution in [0.25, 0.3) is 22.2 Å². The lowest BCUT2D eigenvalue weighted by molar-refractivity contribution is 0.168.